The number of carbonyl (C=O) groups excluding carboxylic acids is 1. The Morgan fingerprint density at radius 1 is 1.03 bits per heavy atom. The number of nitro benzene ring substituents is 1. The molecule has 0 bridgehead atoms. The molecule has 6 heteroatoms. The summed E-state index contributed by atoms with van der Waals surface area (Å²) in [5, 5.41) is 17.6. The standard InChI is InChI=1S/C23H19N3O3/c1-16-8-7-11-18(14-16)20-15-22(19-12-5-6-13-21(19)26(28)29)25(24-20)23(27)17-9-3-2-4-10-17/h2-14,22H,15H2,1H3/t22-/m1/s1. The summed E-state index contributed by atoms with van der Waals surface area (Å²) in [6.07, 6.45) is 0.410. The van der Waals surface area contributed by atoms with Gasteiger partial charge in [0.1, 0.15) is 0 Å². The van der Waals surface area contributed by atoms with Crippen LogP contribution in [0, 0.1) is 17.0 Å². The summed E-state index contributed by atoms with van der Waals surface area (Å²) in [4.78, 5) is 24.4. The van der Waals surface area contributed by atoms with Crippen LogP contribution in [0.5, 0.6) is 0 Å². The minimum Gasteiger partial charge on any atom is -0.267 e. The first-order valence-corrected chi connectivity index (χ1v) is 9.31. The maximum absolute atomic E-state index is 13.2. The second-order valence-corrected chi connectivity index (χ2v) is 6.97. The Kier molecular flexibility index (Phi) is 4.91. The van der Waals surface area contributed by atoms with E-state index in [-0.39, 0.29) is 11.6 Å². The van der Waals surface area contributed by atoms with Crippen molar-refractivity contribution in [3.05, 3.63) is 111 Å². The molecule has 6 nitrogen and oxygen atoms in total. The molecule has 3 aromatic carbocycles. The van der Waals surface area contributed by atoms with Gasteiger partial charge < -0.3 is 0 Å². The highest BCUT2D eigenvalue weighted by Gasteiger charge is 2.37. The molecule has 0 aromatic heterocycles. The van der Waals surface area contributed by atoms with Crippen molar-refractivity contribution in [3.8, 4) is 0 Å². The number of hydrogen-bond donors (Lipinski definition) is 0. The summed E-state index contributed by atoms with van der Waals surface area (Å²) in [6, 6.07) is 22.7. The fourth-order valence-corrected chi connectivity index (χ4v) is 3.59. The van der Waals surface area contributed by atoms with Crippen molar-refractivity contribution in [2.45, 2.75) is 19.4 Å². The molecule has 1 aliphatic rings. The number of benzene rings is 3. The van der Waals surface area contributed by atoms with E-state index < -0.39 is 11.0 Å². The van der Waals surface area contributed by atoms with Gasteiger partial charge in [-0.1, -0.05) is 60.2 Å². The molecule has 0 saturated heterocycles. The highest BCUT2D eigenvalue weighted by Crippen LogP contribution is 2.38. The smallest absolute Gasteiger partial charge is 0.267 e. The molecule has 1 amide bonds. The van der Waals surface area contributed by atoms with Gasteiger partial charge in [-0.15, -0.1) is 0 Å². The number of nitrogens with zero attached hydrogens (tertiary/aromatic N) is 3. The van der Waals surface area contributed by atoms with Crippen LogP contribution in [0.4, 0.5) is 5.69 Å². The fraction of sp³-hybridized carbons (Fsp3) is 0.130. The van der Waals surface area contributed by atoms with E-state index >= 15 is 0 Å². The van der Waals surface area contributed by atoms with Gasteiger partial charge in [0.15, 0.2) is 0 Å². The van der Waals surface area contributed by atoms with Crippen molar-refractivity contribution in [2.75, 3.05) is 0 Å². The van der Waals surface area contributed by atoms with E-state index in [9.17, 15) is 14.9 Å². The molecule has 29 heavy (non-hydrogen) atoms. The van der Waals surface area contributed by atoms with Crippen LogP contribution in [0.3, 0.4) is 0 Å². The molecule has 3 aromatic rings. The van der Waals surface area contributed by atoms with Crippen LogP contribution in [0.2, 0.25) is 0 Å². The Hall–Kier alpha value is -3.80. The van der Waals surface area contributed by atoms with Crippen LogP contribution >= 0.6 is 0 Å². The SMILES string of the molecule is Cc1cccc(C2=NN(C(=O)c3ccccc3)[C@@H](c3ccccc3[N+](=O)[O-])C2)c1. The second kappa shape index (κ2) is 7.67. The van der Waals surface area contributed by atoms with Gasteiger partial charge in [-0.05, 0) is 30.7 Å². The number of hydrazone groups is 1. The number of carbonyl (C=O) groups is 1. The Balaban J connectivity index is 1.80. The average molecular weight is 385 g/mol. The Morgan fingerprint density at radius 3 is 2.48 bits per heavy atom. The van der Waals surface area contributed by atoms with Crippen molar-refractivity contribution in [2.24, 2.45) is 5.10 Å². The summed E-state index contributed by atoms with van der Waals surface area (Å²) in [5.41, 5.74) is 3.70. The zero-order valence-corrected chi connectivity index (χ0v) is 15.9. The number of nitro groups is 1. The maximum atomic E-state index is 13.2. The molecule has 0 saturated carbocycles. The van der Waals surface area contributed by atoms with E-state index in [2.05, 4.69) is 5.10 Å². The molecule has 0 fully saturated rings. The van der Waals surface area contributed by atoms with E-state index in [0.717, 1.165) is 16.8 Å². The monoisotopic (exact) mass is 385 g/mol. The third-order valence-corrected chi connectivity index (χ3v) is 4.98. The molecular weight excluding hydrogens is 366 g/mol. The van der Waals surface area contributed by atoms with Crippen LogP contribution in [-0.4, -0.2) is 21.6 Å². The number of aryl methyl sites for hydroxylation is 1. The highest BCUT2D eigenvalue weighted by atomic mass is 16.6. The average Bonchev–Trinajstić information content (AvgIpc) is 3.19. The van der Waals surface area contributed by atoms with Crippen LogP contribution in [-0.2, 0) is 0 Å². The number of para-hydroxylation sites is 1. The van der Waals surface area contributed by atoms with Gasteiger partial charge in [0.05, 0.1) is 22.2 Å². The minimum atomic E-state index is -0.542. The van der Waals surface area contributed by atoms with Gasteiger partial charge in [0, 0.05) is 18.1 Å². The van der Waals surface area contributed by atoms with E-state index in [0.29, 0.717) is 17.5 Å². The van der Waals surface area contributed by atoms with E-state index in [1.807, 2.05) is 37.3 Å². The van der Waals surface area contributed by atoms with Crippen molar-refractivity contribution in [3.63, 3.8) is 0 Å². The van der Waals surface area contributed by atoms with Crippen molar-refractivity contribution >= 4 is 17.3 Å². The van der Waals surface area contributed by atoms with E-state index in [4.69, 9.17) is 0 Å². The van der Waals surface area contributed by atoms with Crippen LogP contribution in [0.25, 0.3) is 0 Å². The molecule has 1 heterocycles. The first kappa shape index (κ1) is 18.6. The minimum absolute atomic E-state index is 0.0101. The van der Waals surface area contributed by atoms with Crippen molar-refractivity contribution in [1.29, 1.82) is 0 Å². The molecule has 144 valence electrons. The number of amides is 1. The Morgan fingerprint density at radius 2 is 1.76 bits per heavy atom. The van der Waals surface area contributed by atoms with Gasteiger partial charge in [-0.3, -0.25) is 14.9 Å². The normalized spacial score (nSPS) is 15.8. The Bertz CT molecular complexity index is 1110. The third-order valence-electron chi connectivity index (χ3n) is 4.98. The molecule has 1 aliphatic heterocycles. The zero-order valence-electron chi connectivity index (χ0n) is 15.9. The lowest BCUT2D eigenvalue weighted by Gasteiger charge is -2.22. The van der Waals surface area contributed by atoms with E-state index in [1.54, 1.807) is 42.5 Å². The van der Waals surface area contributed by atoms with Crippen LogP contribution in [0.1, 0.15) is 39.5 Å². The maximum Gasteiger partial charge on any atom is 0.274 e. The van der Waals surface area contributed by atoms with Crippen molar-refractivity contribution < 1.29 is 9.72 Å². The molecule has 0 aliphatic carbocycles. The molecule has 0 unspecified atom stereocenters. The first-order chi connectivity index (χ1) is 14.0. The predicted molar refractivity (Wildman–Crippen MR) is 111 cm³/mol. The molecule has 0 radical (unpaired) electrons. The third kappa shape index (κ3) is 3.65. The highest BCUT2D eigenvalue weighted by molar-refractivity contribution is 6.05. The van der Waals surface area contributed by atoms with Crippen LogP contribution < -0.4 is 0 Å². The molecule has 4 rings (SSSR count). The predicted octanol–water partition coefficient (Wildman–Crippen LogP) is 4.89. The second-order valence-electron chi connectivity index (χ2n) is 6.97. The Labute approximate surface area is 168 Å². The van der Waals surface area contributed by atoms with Gasteiger partial charge in [0.2, 0.25) is 0 Å². The molecule has 1 atom stereocenters. The lowest BCUT2D eigenvalue weighted by Crippen LogP contribution is -2.27. The lowest BCUT2D eigenvalue weighted by atomic mass is 9.96. The number of hydrogen-bond acceptors (Lipinski definition) is 4. The van der Waals surface area contributed by atoms with Gasteiger partial charge in [-0.2, -0.15) is 5.10 Å². The topological polar surface area (TPSA) is 75.8 Å². The molecule has 0 N–H and O–H groups in total. The zero-order chi connectivity index (χ0) is 20.4. The first-order valence-electron chi connectivity index (χ1n) is 9.31. The summed E-state index contributed by atoms with van der Waals surface area (Å²) in [5.74, 6) is -0.281. The van der Waals surface area contributed by atoms with Gasteiger partial charge in [0.25, 0.3) is 11.6 Å². The lowest BCUT2D eigenvalue weighted by molar-refractivity contribution is -0.385. The van der Waals surface area contributed by atoms with Crippen LogP contribution in [0.15, 0.2) is 84.0 Å². The van der Waals surface area contributed by atoms with E-state index in [1.165, 1.54) is 11.1 Å². The fourth-order valence-electron chi connectivity index (χ4n) is 3.59. The van der Waals surface area contributed by atoms with Gasteiger partial charge in [-0.25, -0.2) is 5.01 Å². The quantitative estimate of drug-likeness (QED) is 0.474. The summed E-state index contributed by atoms with van der Waals surface area (Å²) >= 11 is 0. The molecular formula is C23H19N3O3. The summed E-state index contributed by atoms with van der Waals surface area (Å²) in [6.45, 7) is 1.99. The molecule has 0 spiro atoms. The number of rotatable bonds is 4. The largest absolute Gasteiger partial charge is 0.274 e. The summed E-state index contributed by atoms with van der Waals surface area (Å²) in [7, 11) is 0. The summed E-state index contributed by atoms with van der Waals surface area (Å²) < 4.78 is 0. The van der Waals surface area contributed by atoms with Gasteiger partial charge >= 0.3 is 0 Å². The van der Waals surface area contributed by atoms with Crippen molar-refractivity contribution in [1.82, 2.24) is 5.01 Å².